The standard InChI is InChI=1S/C19H15F2N5O2/c1-11(27)24-13-5-7-14(8-6-13)25-19-22-9-12(10-23-19)18(28)26-17-15(20)3-2-4-16(17)21/h2-10H,1H3,(H,24,27)(H,26,28)(H,22,23,25). The molecule has 0 bridgehead atoms. The molecule has 0 atom stereocenters. The smallest absolute Gasteiger partial charge is 0.258 e. The van der Waals surface area contributed by atoms with Gasteiger partial charge in [-0.3, -0.25) is 9.59 Å². The molecule has 0 fully saturated rings. The summed E-state index contributed by atoms with van der Waals surface area (Å²) < 4.78 is 27.2. The second kappa shape index (κ2) is 8.21. The lowest BCUT2D eigenvalue weighted by Gasteiger charge is -2.08. The second-order valence-corrected chi connectivity index (χ2v) is 5.73. The summed E-state index contributed by atoms with van der Waals surface area (Å²) in [6, 6.07) is 10.1. The number of hydrogen-bond donors (Lipinski definition) is 3. The zero-order valence-corrected chi connectivity index (χ0v) is 14.7. The first-order valence-electron chi connectivity index (χ1n) is 8.14. The van der Waals surface area contributed by atoms with E-state index in [4.69, 9.17) is 0 Å². The lowest BCUT2D eigenvalue weighted by molar-refractivity contribution is -0.114. The van der Waals surface area contributed by atoms with Crippen molar-refractivity contribution in [3.05, 3.63) is 72.1 Å². The molecule has 3 N–H and O–H groups in total. The molecule has 0 aliphatic carbocycles. The molecule has 0 radical (unpaired) electrons. The van der Waals surface area contributed by atoms with Crippen LogP contribution in [0.4, 0.5) is 31.8 Å². The van der Waals surface area contributed by atoms with Gasteiger partial charge in [-0.2, -0.15) is 0 Å². The maximum Gasteiger partial charge on any atom is 0.258 e. The van der Waals surface area contributed by atoms with Crippen LogP contribution in [0.2, 0.25) is 0 Å². The van der Waals surface area contributed by atoms with Gasteiger partial charge in [0.05, 0.1) is 5.56 Å². The number of carbonyl (C=O) groups is 2. The number of amides is 2. The van der Waals surface area contributed by atoms with E-state index in [1.165, 1.54) is 25.4 Å². The summed E-state index contributed by atoms with van der Waals surface area (Å²) in [5.41, 5.74) is 0.814. The number of rotatable bonds is 5. The van der Waals surface area contributed by atoms with E-state index in [1.54, 1.807) is 24.3 Å². The third-order valence-electron chi connectivity index (χ3n) is 3.58. The van der Waals surface area contributed by atoms with Crippen LogP contribution in [0.25, 0.3) is 0 Å². The molecule has 142 valence electrons. The predicted octanol–water partition coefficient (Wildman–Crippen LogP) is 3.71. The summed E-state index contributed by atoms with van der Waals surface area (Å²) in [5, 5.41) is 7.74. The largest absolute Gasteiger partial charge is 0.326 e. The van der Waals surface area contributed by atoms with Gasteiger partial charge in [0, 0.05) is 30.7 Å². The average Bonchev–Trinajstić information content (AvgIpc) is 2.66. The summed E-state index contributed by atoms with van der Waals surface area (Å²) in [7, 11) is 0. The van der Waals surface area contributed by atoms with Crippen LogP contribution in [0.1, 0.15) is 17.3 Å². The van der Waals surface area contributed by atoms with Gasteiger partial charge in [0.15, 0.2) is 0 Å². The van der Waals surface area contributed by atoms with E-state index in [-0.39, 0.29) is 17.4 Å². The van der Waals surface area contributed by atoms with Crippen LogP contribution in [-0.2, 0) is 4.79 Å². The van der Waals surface area contributed by atoms with Crippen molar-refractivity contribution in [3.63, 3.8) is 0 Å². The van der Waals surface area contributed by atoms with Gasteiger partial charge in [0.1, 0.15) is 17.3 Å². The number of nitrogens with one attached hydrogen (secondary N) is 3. The molecule has 0 aliphatic heterocycles. The molecule has 1 heterocycles. The van der Waals surface area contributed by atoms with E-state index < -0.39 is 23.2 Å². The molecule has 1 aromatic heterocycles. The van der Waals surface area contributed by atoms with Crippen LogP contribution in [0, 0.1) is 11.6 Å². The van der Waals surface area contributed by atoms with Crippen molar-refractivity contribution in [2.24, 2.45) is 0 Å². The van der Waals surface area contributed by atoms with Crippen LogP contribution < -0.4 is 16.0 Å². The van der Waals surface area contributed by atoms with Gasteiger partial charge in [-0.15, -0.1) is 0 Å². The highest BCUT2D eigenvalue weighted by atomic mass is 19.1. The summed E-state index contributed by atoms with van der Waals surface area (Å²) in [5.74, 6) is -2.45. The number of anilines is 4. The molecule has 3 aromatic rings. The normalized spacial score (nSPS) is 10.2. The molecular formula is C19H15F2N5O2. The number of hydrogen-bond acceptors (Lipinski definition) is 5. The lowest BCUT2D eigenvalue weighted by Crippen LogP contribution is -2.15. The van der Waals surface area contributed by atoms with Crippen molar-refractivity contribution in [3.8, 4) is 0 Å². The Kier molecular flexibility index (Phi) is 5.54. The first kappa shape index (κ1) is 18.9. The predicted molar refractivity (Wildman–Crippen MR) is 100 cm³/mol. The number of nitrogens with zero attached hydrogens (tertiary/aromatic N) is 2. The Balaban J connectivity index is 1.66. The molecule has 0 saturated carbocycles. The van der Waals surface area contributed by atoms with Gasteiger partial charge < -0.3 is 16.0 Å². The van der Waals surface area contributed by atoms with Crippen LogP contribution in [-0.4, -0.2) is 21.8 Å². The van der Waals surface area contributed by atoms with Crippen molar-refractivity contribution in [1.29, 1.82) is 0 Å². The topological polar surface area (TPSA) is 96.0 Å². The fourth-order valence-corrected chi connectivity index (χ4v) is 2.28. The van der Waals surface area contributed by atoms with Crippen molar-refractivity contribution in [2.75, 3.05) is 16.0 Å². The Labute approximate surface area is 158 Å². The van der Waals surface area contributed by atoms with Crippen LogP contribution in [0.3, 0.4) is 0 Å². The Hall–Kier alpha value is -3.88. The number of carbonyl (C=O) groups excluding carboxylic acids is 2. The average molecular weight is 383 g/mol. The zero-order valence-electron chi connectivity index (χ0n) is 14.7. The van der Waals surface area contributed by atoms with E-state index in [9.17, 15) is 18.4 Å². The maximum atomic E-state index is 13.6. The van der Waals surface area contributed by atoms with Crippen molar-refractivity contribution >= 4 is 34.8 Å². The number of aromatic nitrogens is 2. The highest BCUT2D eigenvalue weighted by Gasteiger charge is 2.14. The monoisotopic (exact) mass is 383 g/mol. The molecule has 28 heavy (non-hydrogen) atoms. The molecule has 0 unspecified atom stereocenters. The molecule has 0 saturated heterocycles. The Bertz CT molecular complexity index is 988. The van der Waals surface area contributed by atoms with Gasteiger partial charge in [-0.25, -0.2) is 18.7 Å². The Morgan fingerprint density at radius 3 is 2.00 bits per heavy atom. The molecular weight excluding hydrogens is 368 g/mol. The SMILES string of the molecule is CC(=O)Nc1ccc(Nc2ncc(C(=O)Nc3c(F)cccc3F)cn2)cc1. The summed E-state index contributed by atoms with van der Waals surface area (Å²) in [6.07, 6.45) is 2.46. The lowest BCUT2D eigenvalue weighted by atomic mass is 10.2. The zero-order chi connectivity index (χ0) is 20.1. The maximum absolute atomic E-state index is 13.6. The molecule has 9 heteroatoms. The minimum atomic E-state index is -0.879. The minimum Gasteiger partial charge on any atom is -0.326 e. The van der Waals surface area contributed by atoms with Gasteiger partial charge in [0.25, 0.3) is 5.91 Å². The van der Waals surface area contributed by atoms with Gasteiger partial charge in [-0.1, -0.05) is 6.07 Å². The number of halogens is 2. The third kappa shape index (κ3) is 4.64. The highest BCUT2D eigenvalue weighted by molar-refractivity contribution is 6.04. The molecule has 2 amide bonds. The van der Waals surface area contributed by atoms with E-state index in [1.807, 2.05) is 0 Å². The minimum absolute atomic E-state index is 0.0363. The van der Waals surface area contributed by atoms with E-state index in [2.05, 4.69) is 25.9 Å². The van der Waals surface area contributed by atoms with Gasteiger partial charge >= 0.3 is 0 Å². The highest BCUT2D eigenvalue weighted by Crippen LogP contribution is 2.19. The van der Waals surface area contributed by atoms with Crippen LogP contribution in [0.5, 0.6) is 0 Å². The molecule has 2 aromatic carbocycles. The van der Waals surface area contributed by atoms with Crippen LogP contribution in [0.15, 0.2) is 54.9 Å². The molecule has 0 aliphatic rings. The van der Waals surface area contributed by atoms with E-state index >= 15 is 0 Å². The fourth-order valence-electron chi connectivity index (χ4n) is 2.28. The van der Waals surface area contributed by atoms with Crippen LogP contribution >= 0.6 is 0 Å². The summed E-state index contributed by atoms with van der Waals surface area (Å²) >= 11 is 0. The first-order valence-corrected chi connectivity index (χ1v) is 8.14. The van der Waals surface area contributed by atoms with Crippen molar-refractivity contribution < 1.29 is 18.4 Å². The molecule has 7 nitrogen and oxygen atoms in total. The second-order valence-electron chi connectivity index (χ2n) is 5.73. The molecule has 0 spiro atoms. The Morgan fingerprint density at radius 1 is 0.857 bits per heavy atom. The molecule has 3 rings (SSSR count). The number of benzene rings is 2. The van der Waals surface area contributed by atoms with Crippen molar-refractivity contribution in [1.82, 2.24) is 9.97 Å². The van der Waals surface area contributed by atoms with E-state index in [0.29, 0.717) is 11.4 Å². The Morgan fingerprint density at radius 2 is 1.43 bits per heavy atom. The summed E-state index contributed by atoms with van der Waals surface area (Å²) in [6.45, 7) is 1.41. The van der Waals surface area contributed by atoms with E-state index in [0.717, 1.165) is 12.1 Å². The number of para-hydroxylation sites is 1. The third-order valence-corrected chi connectivity index (χ3v) is 3.58. The summed E-state index contributed by atoms with van der Waals surface area (Å²) in [4.78, 5) is 31.2. The first-order chi connectivity index (χ1) is 13.4. The van der Waals surface area contributed by atoms with Gasteiger partial charge in [0.2, 0.25) is 11.9 Å². The quantitative estimate of drug-likeness (QED) is 0.624. The van der Waals surface area contributed by atoms with Crippen molar-refractivity contribution in [2.45, 2.75) is 6.92 Å². The fraction of sp³-hybridized carbons (Fsp3) is 0.0526. The van der Waals surface area contributed by atoms with Gasteiger partial charge in [-0.05, 0) is 36.4 Å².